The highest BCUT2D eigenvalue weighted by Gasteiger charge is 2.15. The van der Waals surface area contributed by atoms with Crippen molar-refractivity contribution in [1.29, 1.82) is 0 Å². The lowest BCUT2D eigenvalue weighted by atomic mass is 10.1. The van der Waals surface area contributed by atoms with Crippen molar-refractivity contribution < 1.29 is 4.79 Å². The molecular formula is C19H19ClN4O3. The number of nitrogens with zero attached hydrogens (tertiary/aromatic N) is 3. The van der Waals surface area contributed by atoms with E-state index in [1.165, 1.54) is 30.8 Å². The molecule has 0 saturated heterocycles. The molecule has 0 aliphatic heterocycles. The van der Waals surface area contributed by atoms with E-state index in [4.69, 9.17) is 11.6 Å². The van der Waals surface area contributed by atoms with Crippen LogP contribution in [0.3, 0.4) is 0 Å². The molecule has 0 unspecified atom stereocenters. The molecular weight excluding hydrogens is 368 g/mol. The van der Waals surface area contributed by atoms with Gasteiger partial charge in [0.25, 0.3) is 11.5 Å². The number of nitrogens with one attached hydrogen (secondary N) is 1. The van der Waals surface area contributed by atoms with Crippen LogP contribution in [-0.4, -0.2) is 26.1 Å². The number of rotatable bonds is 4. The number of amides is 1. The number of hydrogen-bond donors (Lipinski definition) is 1. The summed E-state index contributed by atoms with van der Waals surface area (Å²) in [4.78, 5) is 41.0. The van der Waals surface area contributed by atoms with Crippen LogP contribution < -0.4 is 16.6 Å². The van der Waals surface area contributed by atoms with Crippen LogP contribution in [0.4, 0.5) is 0 Å². The smallest absolute Gasteiger partial charge is 0.332 e. The highest BCUT2D eigenvalue weighted by Crippen LogP contribution is 2.11. The molecule has 1 N–H and O–H groups in total. The maximum atomic E-state index is 12.5. The Kier molecular flexibility index (Phi) is 5.14. The third-order valence-corrected chi connectivity index (χ3v) is 4.62. The molecule has 0 fully saturated rings. The summed E-state index contributed by atoms with van der Waals surface area (Å²) in [6.45, 7) is 1.89. The predicted molar refractivity (Wildman–Crippen MR) is 104 cm³/mol. The van der Waals surface area contributed by atoms with Crippen LogP contribution in [0.25, 0.3) is 11.0 Å². The molecule has 2 aromatic heterocycles. The van der Waals surface area contributed by atoms with Crippen LogP contribution in [0.1, 0.15) is 23.0 Å². The molecule has 8 heteroatoms. The molecule has 2 heterocycles. The first kappa shape index (κ1) is 18.8. The third-order valence-electron chi connectivity index (χ3n) is 4.37. The second-order valence-electron chi connectivity index (χ2n) is 6.48. The van der Waals surface area contributed by atoms with Crippen LogP contribution >= 0.6 is 11.6 Å². The van der Waals surface area contributed by atoms with Crippen molar-refractivity contribution in [2.75, 3.05) is 0 Å². The van der Waals surface area contributed by atoms with E-state index in [1.807, 2.05) is 19.1 Å². The maximum Gasteiger partial charge on any atom is 0.332 e. The molecule has 1 atom stereocenters. The molecule has 0 radical (unpaired) electrons. The number of benzene rings is 1. The molecule has 3 rings (SSSR count). The first-order valence-corrected chi connectivity index (χ1v) is 8.78. The molecule has 0 saturated carbocycles. The van der Waals surface area contributed by atoms with Crippen LogP contribution in [0.2, 0.25) is 5.02 Å². The summed E-state index contributed by atoms with van der Waals surface area (Å²) in [5, 5.41) is 3.82. The summed E-state index contributed by atoms with van der Waals surface area (Å²) in [6, 6.07) is 10.3. The molecule has 0 bridgehead atoms. The van der Waals surface area contributed by atoms with E-state index in [-0.39, 0.29) is 28.7 Å². The Morgan fingerprint density at radius 2 is 1.78 bits per heavy atom. The van der Waals surface area contributed by atoms with Gasteiger partial charge in [0.1, 0.15) is 11.3 Å². The zero-order chi connectivity index (χ0) is 19.7. The number of aromatic nitrogens is 3. The fourth-order valence-corrected chi connectivity index (χ4v) is 3.03. The molecule has 0 aliphatic rings. The summed E-state index contributed by atoms with van der Waals surface area (Å²) >= 11 is 5.88. The molecule has 1 aromatic carbocycles. The van der Waals surface area contributed by atoms with Crippen molar-refractivity contribution >= 4 is 28.5 Å². The summed E-state index contributed by atoms with van der Waals surface area (Å²) in [7, 11) is 2.92. The summed E-state index contributed by atoms with van der Waals surface area (Å²) in [5.74, 6) is -0.369. The maximum absolute atomic E-state index is 12.5. The Morgan fingerprint density at radius 3 is 2.44 bits per heavy atom. The molecule has 7 nitrogen and oxygen atoms in total. The fraction of sp³-hybridized carbons (Fsp3) is 0.263. The first-order valence-electron chi connectivity index (χ1n) is 8.40. The van der Waals surface area contributed by atoms with Gasteiger partial charge in [-0.2, -0.15) is 0 Å². The number of carbonyl (C=O) groups is 1. The highest BCUT2D eigenvalue weighted by molar-refractivity contribution is 6.30. The standard InChI is InChI=1S/C19H19ClN4O3/c1-11(10-12-4-6-13(20)7-5-12)21-17(25)15-9-8-14-16(22-15)23(2)19(27)24(3)18(14)26/h4-9,11H,10H2,1-3H3,(H,21,25)/t11-/m1/s1. The Labute approximate surface area is 160 Å². The van der Waals surface area contributed by atoms with Gasteiger partial charge in [0.2, 0.25) is 0 Å². The van der Waals surface area contributed by atoms with Crippen molar-refractivity contribution in [1.82, 2.24) is 19.4 Å². The molecule has 140 valence electrons. The summed E-state index contributed by atoms with van der Waals surface area (Å²) < 4.78 is 2.27. The van der Waals surface area contributed by atoms with Gasteiger partial charge >= 0.3 is 5.69 Å². The molecule has 0 aliphatic carbocycles. The first-order chi connectivity index (χ1) is 12.8. The number of halogens is 1. The van der Waals surface area contributed by atoms with Gasteiger partial charge in [0.05, 0.1) is 5.39 Å². The Balaban J connectivity index is 1.84. The number of hydrogen-bond acceptors (Lipinski definition) is 4. The number of fused-ring (bicyclic) bond motifs is 1. The minimum atomic E-state index is -0.492. The van der Waals surface area contributed by atoms with Gasteiger partial charge in [-0.25, -0.2) is 9.78 Å². The number of pyridine rings is 1. The van der Waals surface area contributed by atoms with Gasteiger partial charge in [-0.1, -0.05) is 23.7 Å². The fourth-order valence-electron chi connectivity index (χ4n) is 2.90. The zero-order valence-corrected chi connectivity index (χ0v) is 15.9. The lowest BCUT2D eigenvalue weighted by molar-refractivity contribution is 0.0935. The van der Waals surface area contributed by atoms with Crippen LogP contribution in [0.15, 0.2) is 46.0 Å². The lowest BCUT2D eigenvalue weighted by Crippen LogP contribution is -2.38. The quantitative estimate of drug-likeness (QED) is 0.738. The molecule has 27 heavy (non-hydrogen) atoms. The average molecular weight is 387 g/mol. The zero-order valence-electron chi connectivity index (χ0n) is 15.2. The number of aryl methyl sites for hydroxylation is 1. The summed E-state index contributed by atoms with van der Waals surface area (Å²) in [5.41, 5.74) is 0.441. The van der Waals surface area contributed by atoms with Gasteiger partial charge in [0, 0.05) is 25.2 Å². The van der Waals surface area contributed by atoms with Gasteiger partial charge < -0.3 is 5.32 Å². The van der Waals surface area contributed by atoms with Crippen LogP contribution in [-0.2, 0) is 20.5 Å². The second-order valence-corrected chi connectivity index (χ2v) is 6.91. The Morgan fingerprint density at radius 1 is 1.11 bits per heavy atom. The molecule has 1 amide bonds. The van der Waals surface area contributed by atoms with E-state index in [2.05, 4.69) is 10.3 Å². The van der Waals surface area contributed by atoms with E-state index in [0.717, 1.165) is 10.1 Å². The minimum Gasteiger partial charge on any atom is -0.348 e. The molecule has 0 spiro atoms. The molecule has 3 aromatic rings. The van der Waals surface area contributed by atoms with E-state index in [0.29, 0.717) is 11.4 Å². The highest BCUT2D eigenvalue weighted by atomic mass is 35.5. The van der Waals surface area contributed by atoms with Crippen molar-refractivity contribution in [2.24, 2.45) is 14.1 Å². The second kappa shape index (κ2) is 7.36. The third kappa shape index (κ3) is 3.78. The minimum absolute atomic E-state index is 0.136. The lowest BCUT2D eigenvalue weighted by Gasteiger charge is -2.14. The monoisotopic (exact) mass is 386 g/mol. The van der Waals surface area contributed by atoms with Crippen molar-refractivity contribution in [2.45, 2.75) is 19.4 Å². The Bertz CT molecular complexity index is 1130. The van der Waals surface area contributed by atoms with Crippen LogP contribution in [0.5, 0.6) is 0 Å². The van der Waals surface area contributed by atoms with E-state index < -0.39 is 11.2 Å². The normalized spacial score (nSPS) is 12.1. The SMILES string of the molecule is C[C@H](Cc1ccc(Cl)cc1)NC(=O)c1ccc2c(=O)n(C)c(=O)n(C)c2n1. The predicted octanol–water partition coefficient (Wildman–Crippen LogP) is 1.65. The van der Waals surface area contributed by atoms with E-state index >= 15 is 0 Å². The van der Waals surface area contributed by atoms with Crippen LogP contribution in [0, 0.1) is 0 Å². The van der Waals surface area contributed by atoms with Crippen molar-refractivity contribution in [3.63, 3.8) is 0 Å². The Hall–Kier alpha value is -2.93. The van der Waals surface area contributed by atoms with Gasteiger partial charge in [-0.05, 0) is 43.2 Å². The van der Waals surface area contributed by atoms with Gasteiger partial charge in [-0.15, -0.1) is 0 Å². The van der Waals surface area contributed by atoms with Gasteiger partial charge in [-0.3, -0.25) is 18.7 Å². The van der Waals surface area contributed by atoms with E-state index in [1.54, 1.807) is 12.1 Å². The summed E-state index contributed by atoms with van der Waals surface area (Å²) in [6.07, 6.45) is 0.634. The average Bonchev–Trinajstić information content (AvgIpc) is 2.66. The van der Waals surface area contributed by atoms with E-state index in [9.17, 15) is 14.4 Å². The van der Waals surface area contributed by atoms with Crippen molar-refractivity contribution in [3.05, 3.63) is 73.5 Å². The number of carbonyl (C=O) groups excluding carboxylic acids is 1. The van der Waals surface area contributed by atoms with Crippen molar-refractivity contribution in [3.8, 4) is 0 Å². The largest absolute Gasteiger partial charge is 0.348 e. The van der Waals surface area contributed by atoms with Gasteiger partial charge in [0.15, 0.2) is 0 Å². The topological polar surface area (TPSA) is 86.0 Å².